The van der Waals surface area contributed by atoms with Gasteiger partial charge < -0.3 is 10.2 Å². The zero-order chi connectivity index (χ0) is 8.53. The third kappa shape index (κ3) is 7.49. The van der Waals surface area contributed by atoms with Crippen molar-refractivity contribution in [2.45, 2.75) is 32.1 Å². The molecule has 66 valence electrons. The van der Waals surface area contributed by atoms with E-state index in [2.05, 4.69) is 0 Å². The smallest absolute Gasteiger partial charge is 0.132 e. The van der Waals surface area contributed by atoms with Gasteiger partial charge in [0.2, 0.25) is 0 Å². The van der Waals surface area contributed by atoms with Gasteiger partial charge in [0.15, 0.2) is 0 Å². The van der Waals surface area contributed by atoms with Crippen LogP contribution in [0.5, 0.6) is 0 Å². The van der Waals surface area contributed by atoms with Gasteiger partial charge in [-0.1, -0.05) is 0 Å². The monoisotopic (exact) mass is 160 g/mol. The molecule has 0 aromatic heterocycles. The fourth-order valence-corrected chi connectivity index (χ4v) is 0.835. The van der Waals surface area contributed by atoms with Crippen molar-refractivity contribution in [1.82, 2.24) is 0 Å². The first-order chi connectivity index (χ1) is 5.31. The first kappa shape index (κ1) is 10.6. The molecule has 0 aliphatic carbocycles. The molecule has 0 aliphatic heterocycles. The maximum Gasteiger partial charge on any atom is 0.132 e. The van der Waals surface area contributed by atoms with Gasteiger partial charge in [0.25, 0.3) is 0 Å². The van der Waals surface area contributed by atoms with Gasteiger partial charge in [-0.25, -0.2) is 0 Å². The third-order valence-electron chi connectivity index (χ3n) is 1.48. The van der Waals surface area contributed by atoms with Gasteiger partial charge in [-0.2, -0.15) is 0 Å². The molecule has 0 amide bonds. The Kier molecular flexibility index (Phi) is 7.41. The molecular formula is C8H16O3. The normalized spacial score (nSPS) is 10.0. The van der Waals surface area contributed by atoms with Crippen molar-refractivity contribution >= 4 is 5.78 Å². The van der Waals surface area contributed by atoms with Crippen molar-refractivity contribution in [3.8, 4) is 0 Å². The summed E-state index contributed by atoms with van der Waals surface area (Å²) >= 11 is 0. The molecule has 0 atom stereocenters. The van der Waals surface area contributed by atoms with Crippen molar-refractivity contribution in [1.29, 1.82) is 0 Å². The van der Waals surface area contributed by atoms with E-state index in [0.29, 0.717) is 25.7 Å². The van der Waals surface area contributed by atoms with E-state index in [9.17, 15) is 4.79 Å². The molecule has 0 aliphatic rings. The minimum Gasteiger partial charge on any atom is -0.396 e. The van der Waals surface area contributed by atoms with Crippen LogP contribution < -0.4 is 0 Å². The van der Waals surface area contributed by atoms with E-state index in [1.54, 1.807) is 0 Å². The second kappa shape index (κ2) is 7.69. The van der Waals surface area contributed by atoms with E-state index >= 15 is 0 Å². The summed E-state index contributed by atoms with van der Waals surface area (Å²) in [7, 11) is 0. The molecule has 2 N–H and O–H groups in total. The summed E-state index contributed by atoms with van der Waals surface area (Å²) in [5.41, 5.74) is 0. The molecule has 0 heterocycles. The number of ketones is 1. The Morgan fingerprint density at radius 2 is 1.45 bits per heavy atom. The number of unbranched alkanes of at least 4 members (excludes halogenated alkanes) is 1. The van der Waals surface area contributed by atoms with Crippen LogP contribution in [0.3, 0.4) is 0 Å². The number of hydrogen-bond acceptors (Lipinski definition) is 3. The van der Waals surface area contributed by atoms with Gasteiger partial charge in [0, 0.05) is 26.1 Å². The van der Waals surface area contributed by atoms with Crippen LogP contribution in [0, 0.1) is 0 Å². The summed E-state index contributed by atoms with van der Waals surface area (Å²) < 4.78 is 0. The molecule has 0 radical (unpaired) electrons. The molecular weight excluding hydrogens is 144 g/mol. The highest BCUT2D eigenvalue weighted by Crippen LogP contribution is 2.00. The number of hydrogen-bond donors (Lipinski definition) is 2. The van der Waals surface area contributed by atoms with E-state index < -0.39 is 0 Å². The molecule has 11 heavy (non-hydrogen) atoms. The summed E-state index contributed by atoms with van der Waals surface area (Å²) in [5, 5.41) is 16.8. The summed E-state index contributed by atoms with van der Waals surface area (Å²) in [6, 6.07) is 0. The SMILES string of the molecule is O=C(CCCO)CCCCO. The highest BCUT2D eigenvalue weighted by molar-refractivity contribution is 5.78. The quantitative estimate of drug-likeness (QED) is 0.533. The average Bonchev–Trinajstić information content (AvgIpc) is 2.01. The van der Waals surface area contributed by atoms with E-state index in [1.807, 2.05) is 0 Å². The van der Waals surface area contributed by atoms with Crippen LogP contribution in [0.15, 0.2) is 0 Å². The molecule has 0 rings (SSSR count). The van der Waals surface area contributed by atoms with Crippen molar-refractivity contribution in [3.05, 3.63) is 0 Å². The van der Waals surface area contributed by atoms with Crippen molar-refractivity contribution in [2.24, 2.45) is 0 Å². The van der Waals surface area contributed by atoms with Gasteiger partial charge in [-0.05, 0) is 19.3 Å². The van der Waals surface area contributed by atoms with Crippen LogP contribution in [-0.4, -0.2) is 29.2 Å². The maximum absolute atomic E-state index is 10.9. The van der Waals surface area contributed by atoms with Crippen LogP contribution in [-0.2, 0) is 4.79 Å². The number of carbonyl (C=O) groups is 1. The number of aliphatic hydroxyl groups is 2. The zero-order valence-corrected chi connectivity index (χ0v) is 6.75. The number of Topliss-reactive ketones (excluding diaryl/α,β-unsaturated/α-hetero) is 1. The van der Waals surface area contributed by atoms with Gasteiger partial charge >= 0.3 is 0 Å². The Hall–Kier alpha value is -0.410. The maximum atomic E-state index is 10.9. The summed E-state index contributed by atoms with van der Waals surface area (Å²) in [4.78, 5) is 10.9. The van der Waals surface area contributed by atoms with Gasteiger partial charge in [-0.3, -0.25) is 4.79 Å². The summed E-state index contributed by atoms with van der Waals surface area (Å²) in [6.07, 6.45) is 3.05. The highest BCUT2D eigenvalue weighted by atomic mass is 16.3. The molecule has 0 saturated heterocycles. The van der Waals surface area contributed by atoms with Crippen LogP contribution in [0.25, 0.3) is 0 Å². The minimum atomic E-state index is 0.0890. The van der Waals surface area contributed by atoms with E-state index in [-0.39, 0.29) is 19.0 Å². The Labute approximate surface area is 67.0 Å². The summed E-state index contributed by atoms with van der Waals surface area (Å²) in [5.74, 6) is 0.188. The van der Waals surface area contributed by atoms with Crippen molar-refractivity contribution < 1.29 is 15.0 Å². The fraction of sp³-hybridized carbons (Fsp3) is 0.875. The average molecular weight is 160 g/mol. The molecule has 0 fully saturated rings. The van der Waals surface area contributed by atoms with Gasteiger partial charge in [0.05, 0.1) is 0 Å². The first-order valence-electron chi connectivity index (χ1n) is 4.04. The van der Waals surface area contributed by atoms with E-state index in [4.69, 9.17) is 10.2 Å². The van der Waals surface area contributed by atoms with Gasteiger partial charge in [0.1, 0.15) is 5.78 Å². The third-order valence-corrected chi connectivity index (χ3v) is 1.48. The lowest BCUT2D eigenvalue weighted by Gasteiger charge is -1.97. The highest BCUT2D eigenvalue weighted by Gasteiger charge is 1.99. The topological polar surface area (TPSA) is 57.5 Å². The Bertz CT molecular complexity index is 102. The van der Waals surface area contributed by atoms with E-state index in [1.165, 1.54) is 0 Å². The van der Waals surface area contributed by atoms with Crippen molar-refractivity contribution in [2.75, 3.05) is 13.2 Å². The molecule has 0 spiro atoms. The number of rotatable bonds is 7. The molecule has 0 saturated carbocycles. The Balaban J connectivity index is 3.09. The van der Waals surface area contributed by atoms with Crippen LogP contribution in [0.4, 0.5) is 0 Å². The standard InChI is InChI=1S/C8H16O3/c9-6-2-1-4-8(11)5-3-7-10/h9-10H,1-7H2. The molecule has 3 nitrogen and oxygen atoms in total. The molecule has 0 bridgehead atoms. The minimum absolute atomic E-state index is 0.0890. The first-order valence-corrected chi connectivity index (χ1v) is 4.04. The van der Waals surface area contributed by atoms with Crippen molar-refractivity contribution in [3.63, 3.8) is 0 Å². The Morgan fingerprint density at radius 1 is 0.909 bits per heavy atom. The predicted molar refractivity (Wildman–Crippen MR) is 42.3 cm³/mol. The van der Waals surface area contributed by atoms with Crippen LogP contribution in [0.1, 0.15) is 32.1 Å². The largest absolute Gasteiger partial charge is 0.396 e. The van der Waals surface area contributed by atoms with Crippen LogP contribution in [0.2, 0.25) is 0 Å². The lowest BCUT2D eigenvalue weighted by molar-refractivity contribution is -0.119. The zero-order valence-electron chi connectivity index (χ0n) is 6.75. The molecule has 0 aromatic carbocycles. The molecule has 0 aromatic rings. The van der Waals surface area contributed by atoms with Crippen LogP contribution >= 0.6 is 0 Å². The van der Waals surface area contributed by atoms with E-state index in [0.717, 1.165) is 6.42 Å². The second-order valence-electron chi connectivity index (χ2n) is 2.55. The lowest BCUT2D eigenvalue weighted by atomic mass is 10.1. The predicted octanol–water partition coefficient (Wildman–Crippen LogP) is 0.491. The molecule has 0 unspecified atom stereocenters. The second-order valence-corrected chi connectivity index (χ2v) is 2.55. The molecule has 3 heteroatoms. The number of carbonyl (C=O) groups excluding carboxylic acids is 1. The number of aliphatic hydroxyl groups excluding tert-OH is 2. The van der Waals surface area contributed by atoms with Gasteiger partial charge in [-0.15, -0.1) is 0 Å². The lowest BCUT2D eigenvalue weighted by Crippen LogP contribution is -1.99. The Morgan fingerprint density at radius 3 is 2.00 bits per heavy atom. The fourth-order valence-electron chi connectivity index (χ4n) is 0.835. The summed E-state index contributed by atoms with van der Waals surface area (Å²) in [6.45, 7) is 0.249.